The minimum atomic E-state index is 0.218. The van der Waals surface area contributed by atoms with Crippen LogP contribution in [0.15, 0.2) is 78.7 Å². The Hall–Kier alpha value is -2.78. The van der Waals surface area contributed by atoms with Crippen LogP contribution in [0.1, 0.15) is 32.3 Å². The molecule has 0 aromatic heterocycles. The van der Waals surface area contributed by atoms with E-state index in [1.54, 1.807) is 0 Å². The molecule has 3 heteroatoms. The first kappa shape index (κ1) is 20.0. The Morgan fingerprint density at radius 2 is 1.86 bits per heavy atom. The summed E-state index contributed by atoms with van der Waals surface area (Å²) in [7, 11) is 0. The molecule has 0 amide bonds. The highest BCUT2D eigenvalue weighted by Crippen LogP contribution is 2.37. The Bertz CT molecular complexity index is 880. The minimum Gasteiger partial charge on any atom is -0.369 e. The summed E-state index contributed by atoms with van der Waals surface area (Å²) >= 11 is 0. The van der Waals surface area contributed by atoms with E-state index in [1.807, 2.05) is 6.92 Å². The zero-order chi connectivity index (χ0) is 20.1. The predicted molar refractivity (Wildman–Crippen MR) is 122 cm³/mol. The molecule has 146 valence electrons. The van der Waals surface area contributed by atoms with Gasteiger partial charge in [-0.05, 0) is 49.5 Å². The molecule has 1 heterocycles. The monoisotopic (exact) mass is 373 g/mol. The molecule has 0 aliphatic carbocycles. The lowest BCUT2D eigenvalue weighted by Gasteiger charge is -2.35. The minimum absolute atomic E-state index is 0.218. The van der Waals surface area contributed by atoms with Crippen LogP contribution >= 0.6 is 0 Å². The van der Waals surface area contributed by atoms with Crippen molar-refractivity contribution in [2.75, 3.05) is 18.0 Å². The normalized spacial score (nSPS) is 17.3. The van der Waals surface area contributed by atoms with Gasteiger partial charge in [-0.3, -0.25) is 0 Å². The van der Waals surface area contributed by atoms with E-state index < -0.39 is 0 Å². The van der Waals surface area contributed by atoms with Gasteiger partial charge in [0.2, 0.25) is 0 Å². The van der Waals surface area contributed by atoms with E-state index >= 15 is 0 Å². The molecule has 2 aromatic carbocycles. The van der Waals surface area contributed by atoms with Gasteiger partial charge in [0, 0.05) is 36.1 Å². The molecule has 3 N–H and O–H groups in total. The largest absolute Gasteiger partial charge is 0.369 e. The van der Waals surface area contributed by atoms with Crippen molar-refractivity contribution in [2.24, 2.45) is 5.73 Å². The van der Waals surface area contributed by atoms with Crippen LogP contribution in [0.3, 0.4) is 0 Å². The van der Waals surface area contributed by atoms with E-state index in [0.717, 1.165) is 42.9 Å². The lowest BCUT2D eigenvalue weighted by atomic mass is 9.95. The summed E-state index contributed by atoms with van der Waals surface area (Å²) in [6.07, 6.45) is 4.42. The average molecular weight is 374 g/mol. The van der Waals surface area contributed by atoms with Crippen LogP contribution in [0.2, 0.25) is 0 Å². The molecule has 3 rings (SSSR count). The van der Waals surface area contributed by atoms with Gasteiger partial charge in [0.15, 0.2) is 0 Å². The standard InChI is InChI=1S/C25H31N3/c1-18(2)27-20(4)19(3)16-22-12-8-14-24(21-10-6-5-7-11-21)25(22)28-15-9-13-23(26)17-28/h5-8,10-12,14,16,23,27H,1,4,9,13,15,17,26H2,2-3H3/b19-16+. The molecule has 1 atom stereocenters. The van der Waals surface area contributed by atoms with E-state index in [1.165, 1.54) is 22.4 Å². The molecule has 1 aliphatic rings. The van der Waals surface area contributed by atoms with Gasteiger partial charge in [-0.1, -0.05) is 61.7 Å². The summed E-state index contributed by atoms with van der Waals surface area (Å²) in [6, 6.07) is 17.3. The molecule has 1 aliphatic heterocycles. The highest BCUT2D eigenvalue weighted by atomic mass is 15.2. The zero-order valence-electron chi connectivity index (χ0n) is 17.0. The maximum atomic E-state index is 6.31. The number of para-hydroxylation sites is 1. The topological polar surface area (TPSA) is 41.3 Å². The summed E-state index contributed by atoms with van der Waals surface area (Å²) < 4.78 is 0. The summed E-state index contributed by atoms with van der Waals surface area (Å²) in [6.45, 7) is 14.0. The average Bonchev–Trinajstić information content (AvgIpc) is 2.68. The molecule has 2 aromatic rings. The summed E-state index contributed by atoms with van der Waals surface area (Å²) in [5.41, 5.74) is 14.1. The number of piperidine rings is 1. The van der Waals surface area contributed by atoms with Crippen LogP contribution in [-0.2, 0) is 0 Å². The highest BCUT2D eigenvalue weighted by molar-refractivity contribution is 5.86. The number of hydrogen-bond acceptors (Lipinski definition) is 3. The molecule has 1 unspecified atom stereocenters. The molecular weight excluding hydrogens is 342 g/mol. The molecule has 0 radical (unpaired) electrons. The van der Waals surface area contributed by atoms with Crippen molar-refractivity contribution in [1.29, 1.82) is 0 Å². The third-order valence-electron chi connectivity index (χ3n) is 5.14. The van der Waals surface area contributed by atoms with Crippen molar-refractivity contribution >= 4 is 11.8 Å². The second-order valence-electron chi connectivity index (χ2n) is 7.67. The molecule has 0 saturated carbocycles. The predicted octanol–water partition coefficient (Wildman–Crippen LogP) is 5.32. The summed E-state index contributed by atoms with van der Waals surface area (Å²) in [5.74, 6) is 0. The van der Waals surface area contributed by atoms with Crippen LogP contribution < -0.4 is 16.0 Å². The van der Waals surface area contributed by atoms with Gasteiger partial charge >= 0.3 is 0 Å². The highest BCUT2D eigenvalue weighted by Gasteiger charge is 2.22. The number of nitrogens with two attached hydrogens (primary N) is 1. The van der Waals surface area contributed by atoms with Crippen molar-refractivity contribution in [1.82, 2.24) is 5.32 Å². The fraction of sp³-hybridized carbons (Fsp3) is 0.280. The van der Waals surface area contributed by atoms with Crippen molar-refractivity contribution in [3.63, 3.8) is 0 Å². The first-order valence-electron chi connectivity index (χ1n) is 9.95. The van der Waals surface area contributed by atoms with Crippen LogP contribution in [0.25, 0.3) is 17.2 Å². The fourth-order valence-corrected chi connectivity index (χ4v) is 3.77. The third kappa shape index (κ3) is 4.73. The second-order valence-corrected chi connectivity index (χ2v) is 7.67. The van der Waals surface area contributed by atoms with Gasteiger partial charge in [0.1, 0.15) is 0 Å². The first-order valence-corrected chi connectivity index (χ1v) is 9.95. The van der Waals surface area contributed by atoms with Crippen LogP contribution in [0.5, 0.6) is 0 Å². The first-order chi connectivity index (χ1) is 13.5. The maximum Gasteiger partial charge on any atom is 0.0520 e. The Morgan fingerprint density at radius 1 is 1.11 bits per heavy atom. The van der Waals surface area contributed by atoms with E-state index in [0.29, 0.717) is 0 Å². The SMILES string of the molecule is C=C(C)NC(=C)/C(C)=C/c1cccc(-c2ccccc2)c1N1CCCC(N)C1. The van der Waals surface area contributed by atoms with Crippen molar-refractivity contribution < 1.29 is 0 Å². The molecule has 0 spiro atoms. The van der Waals surface area contributed by atoms with Gasteiger partial charge in [-0.2, -0.15) is 0 Å². The number of nitrogens with one attached hydrogen (secondary N) is 1. The van der Waals surface area contributed by atoms with Crippen molar-refractivity contribution in [2.45, 2.75) is 32.7 Å². The Balaban J connectivity index is 2.09. The Kier molecular flexibility index (Phi) is 6.37. The van der Waals surface area contributed by atoms with E-state index in [2.05, 4.69) is 84.9 Å². The van der Waals surface area contributed by atoms with E-state index in [-0.39, 0.29) is 6.04 Å². The summed E-state index contributed by atoms with van der Waals surface area (Å²) in [4.78, 5) is 2.45. The molecule has 1 fully saturated rings. The number of anilines is 1. The number of allylic oxidation sites excluding steroid dienone is 2. The smallest absolute Gasteiger partial charge is 0.0520 e. The molecular formula is C25H31N3. The number of hydrogen-bond donors (Lipinski definition) is 2. The van der Waals surface area contributed by atoms with Gasteiger partial charge in [-0.25, -0.2) is 0 Å². The Labute approximate surface area is 169 Å². The quantitative estimate of drug-likeness (QED) is 0.673. The van der Waals surface area contributed by atoms with Gasteiger partial charge in [0.25, 0.3) is 0 Å². The van der Waals surface area contributed by atoms with Gasteiger partial charge in [-0.15, -0.1) is 0 Å². The third-order valence-corrected chi connectivity index (χ3v) is 5.14. The molecule has 0 bridgehead atoms. The zero-order valence-corrected chi connectivity index (χ0v) is 17.0. The van der Waals surface area contributed by atoms with Crippen molar-refractivity contribution in [3.05, 3.63) is 84.2 Å². The molecule has 1 saturated heterocycles. The van der Waals surface area contributed by atoms with Gasteiger partial charge < -0.3 is 16.0 Å². The molecule has 28 heavy (non-hydrogen) atoms. The summed E-state index contributed by atoms with van der Waals surface area (Å²) in [5, 5.41) is 3.22. The maximum absolute atomic E-state index is 6.31. The number of benzene rings is 2. The lowest BCUT2D eigenvalue weighted by Crippen LogP contribution is -2.43. The number of rotatable bonds is 6. The van der Waals surface area contributed by atoms with Crippen LogP contribution in [-0.4, -0.2) is 19.1 Å². The lowest BCUT2D eigenvalue weighted by molar-refractivity contribution is 0.506. The number of nitrogens with zero attached hydrogens (tertiary/aromatic N) is 1. The second kappa shape index (κ2) is 8.94. The van der Waals surface area contributed by atoms with E-state index in [9.17, 15) is 0 Å². The van der Waals surface area contributed by atoms with E-state index in [4.69, 9.17) is 5.73 Å². The van der Waals surface area contributed by atoms with Crippen LogP contribution in [0.4, 0.5) is 5.69 Å². The fourth-order valence-electron chi connectivity index (χ4n) is 3.77. The molecule has 3 nitrogen and oxygen atoms in total. The van der Waals surface area contributed by atoms with Crippen LogP contribution in [0, 0.1) is 0 Å². The van der Waals surface area contributed by atoms with Gasteiger partial charge in [0.05, 0.1) is 5.69 Å². The van der Waals surface area contributed by atoms with Crippen molar-refractivity contribution in [3.8, 4) is 11.1 Å². The Morgan fingerprint density at radius 3 is 2.54 bits per heavy atom.